The highest BCUT2D eigenvalue weighted by Gasteiger charge is 2.13. The van der Waals surface area contributed by atoms with Gasteiger partial charge in [0.2, 0.25) is 0 Å². The third-order valence-electron chi connectivity index (χ3n) is 13.9. The molecule has 0 aromatic heterocycles. The Morgan fingerprint density at radius 3 is 1.13 bits per heavy atom. The molecule has 408 valence electrons. The number of allylic oxidation sites excluding steroid dienone is 4. The Morgan fingerprint density at radius 1 is 0.348 bits per heavy atom. The van der Waals surface area contributed by atoms with Crippen LogP contribution in [-0.2, 0) is 19.2 Å². The highest BCUT2D eigenvalue weighted by Crippen LogP contribution is 2.16. The summed E-state index contributed by atoms with van der Waals surface area (Å²) in [6, 6.07) is 0. The molecule has 0 saturated carbocycles. The topological polar surface area (TPSA) is 62.3 Å². The lowest BCUT2D eigenvalue weighted by molar-refractivity contribution is -0.191. The van der Waals surface area contributed by atoms with Crippen molar-refractivity contribution >= 4 is 11.9 Å². The molecule has 0 unspecified atom stereocenters. The van der Waals surface area contributed by atoms with Gasteiger partial charge in [0.15, 0.2) is 0 Å². The Labute approximate surface area is 431 Å². The van der Waals surface area contributed by atoms with Crippen LogP contribution in [0.2, 0.25) is 0 Å². The third-order valence-corrected chi connectivity index (χ3v) is 13.9. The molecule has 0 atom stereocenters. The van der Waals surface area contributed by atoms with E-state index in [0.717, 1.165) is 77.8 Å². The van der Waals surface area contributed by atoms with Crippen LogP contribution in [0.5, 0.6) is 0 Å². The maximum Gasteiger partial charge on any atom is 0.325 e. The van der Waals surface area contributed by atoms with Gasteiger partial charge in [-0.3, -0.25) is 14.5 Å². The van der Waals surface area contributed by atoms with Crippen LogP contribution < -0.4 is 0 Å². The van der Waals surface area contributed by atoms with Gasteiger partial charge in [0.25, 0.3) is 0 Å². The first kappa shape index (κ1) is 67.3. The van der Waals surface area contributed by atoms with Crippen LogP contribution in [-0.4, -0.2) is 86.8 Å². The lowest BCUT2D eigenvalue weighted by Gasteiger charge is -2.22. The zero-order valence-electron chi connectivity index (χ0n) is 47.3. The molecule has 69 heavy (non-hydrogen) atoms. The summed E-state index contributed by atoms with van der Waals surface area (Å²) in [5.74, 6) is -0.0876. The molecule has 0 aromatic rings. The first-order valence-corrected chi connectivity index (χ1v) is 30.7. The Morgan fingerprint density at radius 2 is 0.696 bits per heavy atom. The molecule has 0 N–H and O–H groups in total. The van der Waals surface area contributed by atoms with E-state index in [9.17, 15) is 9.59 Å². The van der Waals surface area contributed by atoms with Crippen LogP contribution in [0.3, 0.4) is 0 Å². The van der Waals surface area contributed by atoms with Gasteiger partial charge in [0, 0.05) is 32.5 Å². The largest absolute Gasteiger partial charge is 0.464 e. The molecule has 0 amide bonds. The van der Waals surface area contributed by atoms with E-state index < -0.39 is 0 Å². The summed E-state index contributed by atoms with van der Waals surface area (Å²) in [6.07, 6.45) is 64.1. The summed E-state index contributed by atoms with van der Waals surface area (Å²) >= 11 is 0. The molecule has 0 rings (SSSR count). The van der Waals surface area contributed by atoms with Crippen LogP contribution in [0.1, 0.15) is 303 Å². The first-order valence-electron chi connectivity index (χ1n) is 30.7. The average molecular weight is 973 g/mol. The molecule has 0 aliphatic rings. The highest BCUT2D eigenvalue weighted by molar-refractivity contribution is 5.69. The van der Waals surface area contributed by atoms with Gasteiger partial charge in [-0.1, -0.05) is 244 Å². The lowest BCUT2D eigenvalue weighted by atomic mass is 10.1. The van der Waals surface area contributed by atoms with Crippen LogP contribution in [0, 0.1) is 0 Å². The second-order valence-electron chi connectivity index (χ2n) is 21.2. The molecule has 0 heterocycles. The summed E-state index contributed by atoms with van der Waals surface area (Å²) in [5, 5.41) is 2.03. The zero-order valence-corrected chi connectivity index (χ0v) is 47.3. The van der Waals surface area contributed by atoms with Gasteiger partial charge in [0.1, 0.15) is 6.61 Å². The monoisotopic (exact) mass is 972 g/mol. The van der Waals surface area contributed by atoms with E-state index >= 15 is 0 Å². The van der Waals surface area contributed by atoms with Gasteiger partial charge >= 0.3 is 11.9 Å². The standard InChI is InChI=1S/C62H121N3O4/c1-6-9-12-15-18-21-24-26-27-28-29-30-32-37-42-47-55-64(59-60-68-61(66)53-51-54-63(4)5)56-48-43-38-35-36-41-46-52-62(67)69-65(57-49-44-39-33-23-20-17-14-11-8-3)58-50-45-40-34-31-25-22-19-16-13-10-7-2/h18,21,26-27H,6-17,19-20,22-25,28-60H2,1-5H3/b21-18-,27-26-. The first-order chi connectivity index (χ1) is 33.9. The van der Waals surface area contributed by atoms with Gasteiger partial charge in [-0.2, -0.15) is 0 Å². The van der Waals surface area contributed by atoms with Crippen molar-refractivity contribution < 1.29 is 19.2 Å². The number of hydroxylamine groups is 2. The smallest absolute Gasteiger partial charge is 0.325 e. The minimum Gasteiger partial charge on any atom is -0.464 e. The maximum absolute atomic E-state index is 13.0. The number of rotatable bonds is 57. The summed E-state index contributed by atoms with van der Waals surface area (Å²) in [4.78, 5) is 36.0. The van der Waals surface area contributed by atoms with Crippen molar-refractivity contribution in [2.75, 3.05) is 60.0 Å². The second kappa shape index (κ2) is 57.2. The minimum atomic E-state index is -0.0599. The predicted octanol–water partition coefficient (Wildman–Crippen LogP) is 18.5. The van der Waals surface area contributed by atoms with Crippen molar-refractivity contribution in [2.45, 2.75) is 303 Å². The fourth-order valence-electron chi connectivity index (χ4n) is 9.35. The van der Waals surface area contributed by atoms with Crippen molar-refractivity contribution in [3.8, 4) is 0 Å². The molecule has 0 aliphatic carbocycles. The van der Waals surface area contributed by atoms with Crippen LogP contribution in [0.4, 0.5) is 0 Å². The fraction of sp³-hybridized carbons (Fsp3) is 0.903. The molecular formula is C62H121N3O4. The summed E-state index contributed by atoms with van der Waals surface area (Å²) in [7, 11) is 4.09. The number of carbonyl (C=O) groups is 2. The Kier molecular flexibility index (Phi) is 55.8. The van der Waals surface area contributed by atoms with Gasteiger partial charge < -0.3 is 14.5 Å². The number of esters is 1. The quantitative estimate of drug-likeness (QED) is 0.0260. The summed E-state index contributed by atoms with van der Waals surface area (Å²) < 4.78 is 5.66. The molecule has 7 heteroatoms. The number of ether oxygens (including phenoxy) is 1. The molecule has 0 aliphatic heterocycles. The molecule has 0 radical (unpaired) electrons. The highest BCUT2D eigenvalue weighted by atomic mass is 16.7. The van der Waals surface area contributed by atoms with Gasteiger partial charge in [-0.15, -0.1) is 5.06 Å². The molecule has 0 bridgehead atoms. The van der Waals surface area contributed by atoms with Gasteiger partial charge in [-0.05, 0) is 104 Å². The predicted molar refractivity (Wildman–Crippen MR) is 302 cm³/mol. The van der Waals surface area contributed by atoms with Crippen LogP contribution >= 0.6 is 0 Å². The average Bonchev–Trinajstić information content (AvgIpc) is 3.33. The van der Waals surface area contributed by atoms with Crippen LogP contribution in [0.15, 0.2) is 24.3 Å². The second-order valence-corrected chi connectivity index (χ2v) is 21.2. The Balaban J connectivity index is 4.48. The number of carbonyl (C=O) groups excluding carboxylic acids is 2. The number of hydrogen-bond donors (Lipinski definition) is 0. The fourth-order valence-corrected chi connectivity index (χ4v) is 9.35. The van der Waals surface area contributed by atoms with Crippen molar-refractivity contribution in [3.63, 3.8) is 0 Å². The molecule has 0 spiro atoms. The van der Waals surface area contributed by atoms with Crippen molar-refractivity contribution in [2.24, 2.45) is 0 Å². The number of hydrogen-bond acceptors (Lipinski definition) is 7. The van der Waals surface area contributed by atoms with Crippen LogP contribution in [0.25, 0.3) is 0 Å². The van der Waals surface area contributed by atoms with Gasteiger partial charge in [0.05, 0.1) is 0 Å². The molecule has 0 fully saturated rings. The molecule has 7 nitrogen and oxygen atoms in total. The van der Waals surface area contributed by atoms with E-state index in [1.54, 1.807) is 0 Å². The zero-order chi connectivity index (χ0) is 50.2. The van der Waals surface area contributed by atoms with E-state index in [1.807, 2.05) is 19.2 Å². The maximum atomic E-state index is 13.0. The Bertz CT molecular complexity index is 1100. The van der Waals surface area contributed by atoms with E-state index in [1.165, 1.54) is 231 Å². The minimum absolute atomic E-state index is 0.0276. The molecule has 0 saturated heterocycles. The molecular weight excluding hydrogens is 851 g/mol. The number of unbranched alkanes of at least 4 members (excludes halogenated alkanes) is 35. The van der Waals surface area contributed by atoms with E-state index in [2.05, 4.69) is 54.9 Å². The van der Waals surface area contributed by atoms with Crippen molar-refractivity contribution in [3.05, 3.63) is 24.3 Å². The van der Waals surface area contributed by atoms with Crippen molar-refractivity contribution in [1.29, 1.82) is 0 Å². The number of nitrogens with zero attached hydrogens (tertiary/aromatic N) is 3. The van der Waals surface area contributed by atoms with Crippen molar-refractivity contribution in [1.82, 2.24) is 14.9 Å². The SMILES string of the molecule is CCCCC/C=C\C/C=C\CCCCCCCCN(CCCCCCCCCC(=O)ON(CCCCCCCCCCCC)CCCCCCCCCCCCCC)CCOC(=O)CCCN(C)C. The van der Waals surface area contributed by atoms with E-state index in [4.69, 9.17) is 9.57 Å². The van der Waals surface area contributed by atoms with Gasteiger partial charge in [-0.25, -0.2) is 0 Å². The van der Waals surface area contributed by atoms with E-state index in [-0.39, 0.29) is 11.9 Å². The lowest BCUT2D eigenvalue weighted by Crippen LogP contribution is -2.30. The third kappa shape index (κ3) is 55.5. The molecule has 0 aromatic carbocycles. The van der Waals surface area contributed by atoms with E-state index in [0.29, 0.717) is 19.4 Å². The normalized spacial score (nSPS) is 12.0. The summed E-state index contributed by atoms with van der Waals surface area (Å²) in [6.45, 7) is 13.1. The Hall–Kier alpha value is -1.70. The summed E-state index contributed by atoms with van der Waals surface area (Å²) in [5.41, 5.74) is 0.